The van der Waals surface area contributed by atoms with Crippen molar-refractivity contribution in [1.82, 2.24) is 4.98 Å². The lowest BCUT2D eigenvalue weighted by molar-refractivity contribution is 0.370. The van der Waals surface area contributed by atoms with E-state index in [2.05, 4.69) is 4.98 Å². The Labute approximate surface area is 115 Å². The van der Waals surface area contributed by atoms with Crippen LogP contribution >= 0.6 is 11.6 Å². The van der Waals surface area contributed by atoms with Crippen LogP contribution in [0.25, 0.3) is 17.2 Å². The molecule has 0 saturated heterocycles. The molecule has 0 aliphatic carbocycles. The van der Waals surface area contributed by atoms with Gasteiger partial charge in [0.2, 0.25) is 0 Å². The molecule has 0 saturated carbocycles. The summed E-state index contributed by atoms with van der Waals surface area (Å²) in [6.45, 7) is 3.94. The molecule has 0 aliphatic heterocycles. The molecule has 0 radical (unpaired) electrons. The van der Waals surface area contributed by atoms with Gasteiger partial charge in [0.05, 0.1) is 5.76 Å². The maximum Gasteiger partial charge on any atom is 0.362 e. The van der Waals surface area contributed by atoms with Crippen LogP contribution < -0.4 is 5.63 Å². The van der Waals surface area contributed by atoms with Gasteiger partial charge in [0, 0.05) is 17.5 Å². The lowest BCUT2D eigenvalue weighted by Crippen LogP contribution is -2.07. The Kier molecular flexibility index (Phi) is 3.90. The second kappa shape index (κ2) is 5.45. The fourth-order valence-electron chi connectivity index (χ4n) is 1.72. The molecular formula is C14H14ClNO3. The molecule has 0 bridgehead atoms. The van der Waals surface area contributed by atoms with Crippen LogP contribution in [0, 0.1) is 5.92 Å². The van der Waals surface area contributed by atoms with E-state index in [1.165, 1.54) is 6.08 Å². The quantitative estimate of drug-likeness (QED) is 0.868. The third-order valence-electron chi connectivity index (χ3n) is 2.49. The van der Waals surface area contributed by atoms with Crippen LogP contribution in [0.1, 0.15) is 26.0 Å². The predicted molar refractivity (Wildman–Crippen MR) is 75.3 cm³/mol. The molecular weight excluding hydrogens is 266 g/mol. The van der Waals surface area contributed by atoms with Crippen LogP contribution in [-0.4, -0.2) is 10.1 Å². The molecule has 0 fully saturated rings. The number of hydrogen-bond donors (Lipinski definition) is 1. The van der Waals surface area contributed by atoms with Crippen molar-refractivity contribution < 1.29 is 9.52 Å². The number of rotatable bonds is 3. The van der Waals surface area contributed by atoms with Crippen LogP contribution in [-0.2, 0) is 0 Å². The minimum atomic E-state index is -0.579. The third-order valence-corrected chi connectivity index (χ3v) is 2.73. The Morgan fingerprint density at radius 3 is 2.95 bits per heavy atom. The van der Waals surface area contributed by atoms with E-state index < -0.39 is 5.63 Å². The molecule has 1 heterocycles. The normalized spacial score (nSPS) is 12.3. The highest BCUT2D eigenvalue weighted by Crippen LogP contribution is 2.17. The molecule has 2 rings (SSSR count). The summed E-state index contributed by atoms with van der Waals surface area (Å²) in [6, 6.07) is 4.82. The zero-order chi connectivity index (χ0) is 14.0. The highest BCUT2D eigenvalue weighted by atomic mass is 35.5. The first-order valence-electron chi connectivity index (χ1n) is 5.95. The van der Waals surface area contributed by atoms with E-state index in [4.69, 9.17) is 16.0 Å². The van der Waals surface area contributed by atoms with Crippen molar-refractivity contribution in [2.45, 2.75) is 20.3 Å². The van der Waals surface area contributed by atoms with Gasteiger partial charge < -0.3 is 9.52 Å². The van der Waals surface area contributed by atoms with Crippen molar-refractivity contribution in [3.63, 3.8) is 0 Å². The number of nitrogens with zero attached hydrogens (tertiary/aromatic N) is 1. The van der Waals surface area contributed by atoms with Gasteiger partial charge in [-0.15, -0.1) is 0 Å². The van der Waals surface area contributed by atoms with Crippen molar-refractivity contribution in [2.75, 3.05) is 0 Å². The molecule has 1 N–H and O–H groups in total. The summed E-state index contributed by atoms with van der Waals surface area (Å²) in [5, 5.41) is 10.2. The smallest absolute Gasteiger partial charge is 0.362 e. The molecule has 1 aromatic carbocycles. The monoisotopic (exact) mass is 279 g/mol. The summed E-state index contributed by atoms with van der Waals surface area (Å²) >= 11 is 5.86. The Hall–Kier alpha value is -1.81. The standard InChI is InChI=1S/C14H14ClNO3/c1-8(2)5-10(17)7-12-14(18)19-13-4-3-9(15)6-11(13)16-12/h3-4,6-8,17H,5H2,1-2H3. The van der Waals surface area contributed by atoms with Crippen LogP contribution in [0.15, 0.2) is 33.2 Å². The van der Waals surface area contributed by atoms with Gasteiger partial charge in [0.15, 0.2) is 11.3 Å². The van der Waals surface area contributed by atoms with Gasteiger partial charge in [0.25, 0.3) is 0 Å². The van der Waals surface area contributed by atoms with Crippen molar-refractivity contribution in [3.8, 4) is 0 Å². The van der Waals surface area contributed by atoms with E-state index in [0.717, 1.165) is 0 Å². The van der Waals surface area contributed by atoms with Crippen LogP contribution in [0.2, 0.25) is 5.02 Å². The fourth-order valence-corrected chi connectivity index (χ4v) is 1.88. The molecule has 0 atom stereocenters. The van der Waals surface area contributed by atoms with E-state index >= 15 is 0 Å². The number of aliphatic hydroxyl groups is 1. The average molecular weight is 280 g/mol. The molecule has 100 valence electrons. The summed E-state index contributed by atoms with van der Waals surface area (Å²) < 4.78 is 5.12. The van der Waals surface area contributed by atoms with Crippen LogP contribution in [0.3, 0.4) is 0 Å². The zero-order valence-electron chi connectivity index (χ0n) is 10.7. The van der Waals surface area contributed by atoms with Crippen molar-refractivity contribution in [1.29, 1.82) is 0 Å². The Morgan fingerprint density at radius 2 is 2.26 bits per heavy atom. The number of benzene rings is 1. The van der Waals surface area contributed by atoms with E-state index in [0.29, 0.717) is 22.5 Å². The number of fused-ring (bicyclic) bond motifs is 1. The molecule has 1 aromatic heterocycles. The number of aliphatic hydroxyl groups excluding tert-OH is 1. The largest absolute Gasteiger partial charge is 0.512 e. The summed E-state index contributed by atoms with van der Waals surface area (Å²) in [4.78, 5) is 15.9. The molecule has 2 aromatic rings. The molecule has 5 heteroatoms. The van der Waals surface area contributed by atoms with Gasteiger partial charge in [0.1, 0.15) is 5.52 Å². The highest BCUT2D eigenvalue weighted by molar-refractivity contribution is 6.31. The first-order chi connectivity index (χ1) is 8.95. The summed E-state index contributed by atoms with van der Waals surface area (Å²) in [5.74, 6) is 0.398. The predicted octanol–water partition coefficient (Wildman–Crippen LogP) is 3.79. The van der Waals surface area contributed by atoms with Gasteiger partial charge in [-0.3, -0.25) is 0 Å². The van der Waals surface area contributed by atoms with Gasteiger partial charge in [-0.25, -0.2) is 9.78 Å². The van der Waals surface area contributed by atoms with E-state index in [1.54, 1.807) is 18.2 Å². The lowest BCUT2D eigenvalue weighted by atomic mass is 10.1. The van der Waals surface area contributed by atoms with E-state index in [-0.39, 0.29) is 17.4 Å². The van der Waals surface area contributed by atoms with Gasteiger partial charge >= 0.3 is 5.63 Å². The van der Waals surface area contributed by atoms with Gasteiger partial charge in [-0.05, 0) is 24.1 Å². The van der Waals surface area contributed by atoms with E-state index in [1.807, 2.05) is 13.8 Å². The maximum absolute atomic E-state index is 11.7. The minimum absolute atomic E-state index is 0.0768. The summed E-state index contributed by atoms with van der Waals surface area (Å²) in [6.07, 6.45) is 1.82. The lowest BCUT2D eigenvalue weighted by Gasteiger charge is -2.03. The summed E-state index contributed by atoms with van der Waals surface area (Å²) in [7, 11) is 0. The maximum atomic E-state index is 11.7. The topological polar surface area (TPSA) is 63.3 Å². The molecule has 0 spiro atoms. The molecule has 0 unspecified atom stereocenters. The minimum Gasteiger partial charge on any atom is -0.512 e. The first kappa shape index (κ1) is 13.6. The molecule has 0 amide bonds. The average Bonchev–Trinajstić information content (AvgIpc) is 2.29. The second-order valence-corrected chi connectivity index (χ2v) is 5.17. The van der Waals surface area contributed by atoms with Crippen LogP contribution in [0.5, 0.6) is 0 Å². The molecule has 19 heavy (non-hydrogen) atoms. The fraction of sp³-hybridized carbons (Fsp3) is 0.286. The summed E-state index contributed by atoms with van der Waals surface area (Å²) in [5.41, 5.74) is 0.351. The number of hydrogen-bond acceptors (Lipinski definition) is 4. The Morgan fingerprint density at radius 1 is 1.53 bits per heavy atom. The van der Waals surface area contributed by atoms with Gasteiger partial charge in [-0.1, -0.05) is 25.4 Å². The molecule has 4 nitrogen and oxygen atoms in total. The number of halogens is 1. The second-order valence-electron chi connectivity index (χ2n) is 4.73. The Bertz CT molecular complexity index is 689. The van der Waals surface area contributed by atoms with E-state index in [9.17, 15) is 9.90 Å². The SMILES string of the molecule is CC(C)CC(O)=Cc1nc2cc(Cl)ccc2oc1=O. The third kappa shape index (κ3) is 3.35. The highest BCUT2D eigenvalue weighted by Gasteiger charge is 2.07. The van der Waals surface area contributed by atoms with Crippen molar-refractivity contribution >= 4 is 28.8 Å². The molecule has 0 aliphatic rings. The van der Waals surface area contributed by atoms with Crippen molar-refractivity contribution in [3.05, 3.63) is 45.1 Å². The number of aromatic nitrogens is 1. The Balaban J connectivity index is 2.49. The number of allylic oxidation sites excluding steroid dienone is 1. The van der Waals surface area contributed by atoms with Crippen LogP contribution in [0.4, 0.5) is 0 Å². The zero-order valence-corrected chi connectivity index (χ0v) is 11.4. The van der Waals surface area contributed by atoms with Crippen molar-refractivity contribution in [2.24, 2.45) is 5.92 Å². The first-order valence-corrected chi connectivity index (χ1v) is 6.33. The van der Waals surface area contributed by atoms with Gasteiger partial charge in [-0.2, -0.15) is 0 Å².